The lowest BCUT2D eigenvalue weighted by Crippen LogP contribution is -2.62. The van der Waals surface area contributed by atoms with Crippen LogP contribution in [0.2, 0.25) is 0 Å². The number of rotatable bonds is 5. The van der Waals surface area contributed by atoms with E-state index in [4.69, 9.17) is 0 Å². The minimum atomic E-state index is -0.225. The zero-order chi connectivity index (χ0) is 14.6. The van der Waals surface area contributed by atoms with Crippen molar-refractivity contribution in [2.45, 2.75) is 38.8 Å². The van der Waals surface area contributed by atoms with Gasteiger partial charge in [-0.1, -0.05) is 44.2 Å². The lowest BCUT2D eigenvalue weighted by molar-refractivity contribution is 0.0584. The van der Waals surface area contributed by atoms with Gasteiger partial charge in [-0.25, -0.2) is 0 Å². The van der Waals surface area contributed by atoms with Crippen LogP contribution in [0.4, 0.5) is 4.39 Å². The van der Waals surface area contributed by atoms with Crippen LogP contribution in [-0.2, 0) is 5.54 Å². The molecule has 0 spiro atoms. The molecule has 1 aliphatic rings. The van der Waals surface area contributed by atoms with Crippen LogP contribution in [0, 0.1) is 5.92 Å². The smallest absolute Gasteiger partial charge is 0.0906 e. The van der Waals surface area contributed by atoms with E-state index < -0.39 is 0 Å². The second-order valence-electron chi connectivity index (χ2n) is 6.40. The van der Waals surface area contributed by atoms with Crippen molar-refractivity contribution in [3.8, 4) is 0 Å². The first-order valence-corrected chi connectivity index (χ1v) is 7.67. The number of hydrogen-bond donors (Lipinski definition) is 1. The normalized spacial score (nSPS) is 27.9. The van der Waals surface area contributed by atoms with E-state index in [0.717, 1.165) is 19.6 Å². The van der Waals surface area contributed by atoms with Gasteiger partial charge in [-0.3, -0.25) is 9.29 Å². The summed E-state index contributed by atoms with van der Waals surface area (Å²) in [6, 6.07) is 11.1. The van der Waals surface area contributed by atoms with Gasteiger partial charge in [0.1, 0.15) is 0 Å². The summed E-state index contributed by atoms with van der Waals surface area (Å²) in [7, 11) is 0. The number of halogens is 1. The van der Waals surface area contributed by atoms with Crippen molar-refractivity contribution in [1.29, 1.82) is 0 Å². The van der Waals surface area contributed by atoms with Gasteiger partial charge in [-0.05, 0) is 24.8 Å². The molecule has 20 heavy (non-hydrogen) atoms. The average molecular weight is 278 g/mol. The van der Waals surface area contributed by atoms with Gasteiger partial charge in [-0.2, -0.15) is 0 Å². The second-order valence-corrected chi connectivity index (χ2v) is 6.40. The summed E-state index contributed by atoms with van der Waals surface area (Å²) in [6.45, 7) is 9.29. The highest BCUT2D eigenvalue weighted by atomic mass is 19.1. The molecule has 1 N–H and O–H groups in total. The molecule has 1 aromatic carbocycles. The van der Waals surface area contributed by atoms with Crippen LogP contribution in [0.15, 0.2) is 30.3 Å². The molecule has 112 valence electrons. The molecule has 1 saturated heterocycles. The number of hydrogen-bond acceptors (Lipinski definition) is 2. The molecule has 1 aromatic rings. The topological polar surface area (TPSA) is 15.3 Å². The first kappa shape index (κ1) is 15.5. The average Bonchev–Trinajstić information content (AvgIpc) is 2.46. The molecule has 0 radical (unpaired) electrons. The first-order chi connectivity index (χ1) is 9.57. The largest absolute Gasteiger partial charge is 0.305 e. The van der Waals surface area contributed by atoms with Crippen LogP contribution in [0.5, 0.6) is 0 Å². The minimum Gasteiger partial charge on any atom is -0.305 e. The van der Waals surface area contributed by atoms with Gasteiger partial charge in [-0.15, -0.1) is 0 Å². The summed E-state index contributed by atoms with van der Waals surface area (Å²) < 4.78 is 12.5. The highest BCUT2D eigenvalue weighted by molar-refractivity contribution is 5.25. The van der Waals surface area contributed by atoms with E-state index in [0.29, 0.717) is 18.4 Å². The summed E-state index contributed by atoms with van der Waals surface area (Å²) in [5.74, 6) is 0.586. The Bertz CT molecular complexity index is 407. The van der Waals surface area contributed by atoms with Gasteiger partial charge in [0.25, 0.3) is 0 Å². The molecule has 0 saturated carbocycles. The summed E-state index contributed by atoms with van der Waals surface area (Å²) in [6.07, 6.45) is 0.633. The number of benzene rings is 1. The summed E-state index contributed by atoms with van der Waals surface area (Å²) in [5, 5.41) is 3.71. The van der Waals surface area contributed by atoms with E-state index in [1.165, 1.54) is 5.56 Å². The lowest BCUT2D eigenvalue weighted by atomic mass is 9.86. The van der Waals surface area contributed by atoms with Crippen molar-refractivity contribution in [2.75, 3.05) is 26.3 Å². The minimum absolute atomic E-state index is 0.0387. The van der Waals surface area contributed by atoms with Gasteiger partial charge in [0.2, 0.25) is 0 Å². The third kappa shape index (κ3) is 3.39. The highest BCUT2D eigenvalue weighted by Gasteiger charge is 2.37. The quantitative estimate of drug-likeness (QED) is 0.890. The zero-order valence-electron chi connectivity index (χ0n) is 12.9. The van der Waals surface area contributed by atoms with Crippen LogP contribution >= 0.6 is 0 Å². The molecule has 1 fully saturated rings. The maximum atomic E-state index is 12.5. The molecule has 2 atom stereocenters. The van der Waals surface area contributed by atoms with E-state index >= 15 is 0 Å². The molecule has 1 heterocycles. The first-order valence-electron chi connectivity index (χ1n) is 7.67. The Morgan fingerprint density at radius 3 is 2.65 bits per heavy atom. The molecule has 2 rings (SSSR count). The van der Waals surface area contributed by atoms with E-state index in [-0.39, 0.29) is 12.2 Å². The van der Waals surface area contributed by atoms with Crippen LogP contribution < -0.4 is 5.32 Å². The highest BCUT2D eigenvalue weighted by Crippen LogP contribution is 2.28. The fourth-order valence-corrected chi connectivity index (χ4v) is 3.20. The van der Waals surface area contributed by atoms with Crippen LogP contribution in [0.3, 0.4) is 0 Å². The summed E-state index contributed by atoms with van der Waals surface area (Å²) >= 11 is 0. The molecule has 0 aromatic heterocycles. The molecule has 0 bridgehead atoms. The number of nitrogens with zero attached hydrogens (tertiary/aromatic N) is 1. The maximum absolute atomic E-state index is 12.5. The molecule has 2 unspecified atom stereocenters. The molecule has 0 amide bonds. The Morgan fingerprint density at radius 2 is 2.05 bits per heavy atom. The number of alkyl halides is 1. The predicted octanol–water partition coefficient (Wildman–Crippen LogP) is 3.19. The number of piperazine rings is 1. The number of nitrogens with one attached hydrogen (secondary N) is 1. The Balaban J connectivity index is 2.15. The van der Waals surface area contributed by atoms with Crippen molar-refractivity contribution in [1.82, 2.24) is 10.2 Å². The molecule has 0 aliphatic carbocycles. The van der Waals surface area contributed by atoms with E-state index in [2.05, 4.69) is 55.3 Å². The van der Waals surface area contributed by atoms with Crippen molar-refractivity contribution in [2.24, 2.45) is 5.92 Å². The third-order valence-corrected chi connectivity index (χ3v) is 4.45. The van der Waals surface area contributed by atoms with Crippen molar-refractivity contribution >= 4 is 0 Å². The van der Waals surface area contributed by atoms with Crippen LogP contribution in [0.25, 0.3) is 0 Å². The lowest BCUT2D eigenvalue weighted by Gasteiger charge is -2.48. The molecule has 1 aliphatic heterocycles. The van der Waals surface area contributed by atoms with E-state index in [1.807, 2.05) is 6.07 Å². The Hall–Kier alpha value is -0.930. The fourth-order valence-electron chi connectivity index (χ4n) is 3.20. The SMILES string of the molecule is CC(C)C1CNC(C)(c2ccccc2)CN1CCCF. The molecular weight excluding hydrogens is 251 g/mol. The third-order valence-electron chi connectivity index (χ3n) is 4.45. The van der Waals surface area contributed by atoms with Gasteiger partial charge in [0.05, 0.1) is 12.2 Å². The Morgan fingerprint density at radius 1 is 1.35 bits per heavy atom. The molecular formula is C17H27FN2. The fraction of sp³-hybridized carbons (Fsp3) is 0.647. The Labute approximate surface area is 122 Å². The molecule has 2 nitrogen and oxygen atoms in total. The summed E-state index contributed by atoms with van der Waals surface area (Å²) in [4.78, 5) is 2.47. The summed E-state index contributed by atoms with van der Waals surface area (Å²) in [5.41, 5.74) is 1.27. The van der Waals surface area contributed by atoms with E-state index in [9.17, 15) is 4.39 Å². The monoisotopic (exact) mass is 278 g/mol. The second kappa shape index (κ2) is 6.68. The van der Waals surface area contributed by atoms with Gasteiger partial charge < -0.3 is 5.32 Å². The van der Waals surface area contributed by atoms with Crippen LogP contribution in [0.1, 0.15) is 32.8 Å². The van der Waals surface area contributed by atoms with Crippen molar-refractivity contribution in [3.63, 3.8) is 0 Å². The van der Waals surface area contributed by atoms with Gasteiger partial charge in [0, 0.05) is 25.7 Å². The van der Waals surface area contributed by atoms with Crippen LogP contribution in [-0.4, -0.2) is 37.3 Å². The standard InChI is InChI=1S/C17H27FN2/c1-14(2)16-12-19-17(3,13-20(16)11-7-10-18)15-8-5-4-6-9-15/h4-6,8-9,14,16,19H,7,10-13H2,1-3H3. The van der Waals surface area contributed by atoms with Crippen molar-refractivity contribution < 1.29 is 4.39 Å². The van der Waals surface area contributed by atoms with Gasteiger partial charge >= 0.3 is 0 Å². The maximum Gasteiger partial charge on any atom is 0.0906 e. The van der Waals surface area contributed by atoms with Gasteiger partial charge in [0.15, 0.2) is 0 Å². The van der Waals surface area contributed by atoms with E-state index in [1.54, 1.807) is 0 Å². The predicted molar refractivity (Wildman–Crippen MR) is 82.6 cm³/mol. The zero-order valence-corrected chi connectivity index (χ0v) is 12.9. The Kier molecular flexibility index (Phi) is 5.17. The molecule has 3 heteroatoms. The van der Waals surface area contributed by atoms with Crippen molar-refractivity contribution in [3.05, 3.63) is 35.9 Å².